The minimum atomic E-state index is -0.218. The number of rotatable bonds is 6. The van der Waals surface area contributed by atoms with E-state index >= 15 is 0 Å². The molecule has 0 saturated heterocycles. The van der Waals surface area contributed by atoms with Gasteiger partial charge in [-0.1, -0.05) is 43.8 Å². The summed E-state index contributed by atoms with van der Waals surface area (Å²) in [7, 11) is 0. The topological polar surface area (TPSA) is 41.6 Å². The molecule has 0 radical (unpaired) electrons. The fraction of sp³-hybridized carbons (Fsp3) is 0.286. The van der Waals surface area contributed by atoms with Crippen LogP contribution in [0.3, 0.4) is 0 Å². The number of hydrogen-bond acceptors (Lipinski definition) is 3. The molecule has 25 heavy (non-hydrogen) atoms. The molecule has 2 aromatic rings. The molecule has 4 heteroatoms. The standard InChI is InChI=1S/C21H24N2O2/c1-4-13-25-17-10-8-9-16(14-17)20-22-19-12-7-6-11-18(19)21(24)23(20)15(3)5-2/h4,6-12,14-15,20,22H,1,5,13H2,2-3H3. The van der Waals surface area contributed by atoms with E-state index in [1.165, 1.54) is 0 Å². The number of carbonyl (C=O) groups is 1. The van der Waals surface area contributed by atoms with Gasteiger partial charge in [-0.25, -0.2) is 0 Å². The monoisotopic (exact) mass is 336 g/mol. The van der Waals surface area contributed by atoms with Crippen molar-refractivity contribution in [3.63, 3.8) is 0 Å². The van der Waals surface area contributed by atoms with Gasteiger partial charge in [-0.05, 0) is 43.2 Å². The zero-order valence-electron chi connectivity index (χ0n) is 14.7. The van der Waals surface area contributed by atoms with Crippen LogP contribution in [0.2, 0.25) is 0 Å². The molecule has 0 spiro atoms. The number of amides is 1. The predicted molar refractivity (Wildman–Crippen MR) is 101 cm³/mol. The van der Waals surface area contributed by atoms with Crippen molar-refractivity contribution in [2.75, 3.05) is 11.9 Å². The van der Waals surface area contributed by atoms with E-state index in [9.17, 15) is 4.79 Å². The first-order chi connectivity index (χ1) is 12.2. The molecule has 0 fully saturated rings. The van der Waals surface area contributed by atoms with Crippen LogP contribution in [0.4, 0.5) is 5.69 Å². The van der Waals surface area contributed by atoms with Crippen molar-refractivity contribution < 1.29 is 9.53 Å². The highest BCUT2D eigenvalue weighted by atomic mass is 16.5. The van der Waals surface area contributed by atoms with Crippen molar-refractivity contribution in [1.29, 1.82) is 0 Å². The van der Waals surface area contributed by atoms with Gasteiger partial charge in [-0.15, -0.1) is 0 Å². The summed E-state index contributed by atoms with van der Waals surface area (Å²) in [6, 6.07) is 15.7. The Morgan fingerprint density at radius 3 is 2.84 bits per heavy atom. The Balaban J connectivity index is 2.00. The number of nitrogens with zero attached hydrogens (tertiary/aromatic N) is 1. The highest BCUT2D eigenvalue weighted by Gasteiger charge is 2.35. The fourth-order valence-electron chi connectivity index (χ4n) is 3.09. The highest BCUT2D eigenvalue weighted by Crippen LogP contribution is 2.35. The number of ether oxygens (including phenoxy) is 1. The lowest BCUT2D eigenvalue weighted by atomic mass is 10.0. The van der Waals surface area contributed by atoms with Crippen molar-refractivity contribution in [3.8, 4) is 5.75 Å². The fourth-order valence-corrected chi connectivity index (χ4v) is 3.09. The number of anilines is 1. The zero-order chi connectivity index (χ0) is 17.8. The van der Waals surface area contributed by atoms with E-state index in [0.29, 0.717) is 6.61 Å². The van der Waals surface area contributed by atoms with Crippen LogP contribution in [0.1, 0.15) is 42.4 Å². The van der Waals surface area contributed by atoms with E-state index in [2.05, 4.69) is 25.7 Å². The Morgan fingerprint density at radius 1 is 1.28 bits per heavy atom. The molecule has 1 aliphatic heterocycles. The van der Waals surface area contributed by atoms with Crippen LogP contribution in [0.25, 0.3) is 0 Å². The Labute approximate surface area is 149 Å². The third-order valence-electron chi connectivity index (χ3n) is 4.57. The van der Waals surface area contributed by atoms with E-state index in [1.807, 2.05) is 53.4 Å². The van der Waals surface area contributed by atoms with Crippen molar-refractivity contribution >= 4 is 11.6 Å². The van der Waals surface area contributed by atoms with Gasteiger partial charge in [-0.3, -0.25) is 4.79 Å². The maximum Gasteiger partial charge on any atom is 0.258 e. The molecule has 0 aliphatic carbocycles. The van der Waals surface area contributed by atoms with Gasteiger partial charge in [-0.2, -0.15) is 0 Å². The Kier molecular flexibility index (Phi) is 5.08. The summed E-state index contributed by atoms with van der Waals surface area (Å²) in [5.74, 6) is 0.834. The third kappa shape index (κ3) is 3.38. The third-order valence-corrected chi connectivity index (χ3v) is 4.57. The van der Waals surface area contributed by atoms with Gasteiger partial charge >= 0.3 is 0 Å². The summed E-state index contributed by atoms with van der Waals surface area (Å²) in [5, 5.41) is 3.52. The maximum atomic E-state index is 13.1. The van der Waals surface area contributed by atoms with E-state index in [-0.39, 0.29) is 18.1 Å². The molecule has 0 bridgehead atoms. The van der Waals surface area contributed by atoms with Gasteiger partial charge in [0.15, 0.2) is 0 Å². The van der Waals surface area contributed by atoms with Crippen LogP contribution < -0.4 is 10.1 Å². The second kappa shape index (κ2) is 7.43. The minimum absolute atomic E-state index is 0.0612. The van der Waals surface area contributed by atoms with Gasteiger partial charge < -0.3 is 15.0 Å². The molecule has 1 aliphatic rings. The summed E-state index contributed by atoms with van der Waals surface area (Å²) in [6.07, 6.45) is 2.39. The Hall–Kier alpha value is -2.75. The largest absolute Gasteiger partial charge is 0.490 e. The van der Waals surface area contributed by atoms with Gasteiger partial charge in [0.05, 0.1) is 5.56 Å². The van der Waals surface area contributed by atoms with Crippen molar-refractivity contribution in [3.05, 3.63) is 72.3 Å². The van der Waals surface area contributed by atoms with Crippen LogP contribution in [0, 0.1) is 0 Å². The zero-order valence-corrected chi connectivity index (χ0v) is 14.7. The average Bonchev–Trinajstić information content (AvgIpc) is 2.66. The van der Waals surface area contributed by atoms with Crippen LogP contribution in [0.15, 0.2) is 61.2 Å². The van der Waals surface area contributed by atoms with Gasteiger partial charge in [0.25, 0.3) is 5.91 Å². The smallest absolute Gasteiger partial charge is 0.258 e. The molecule has 3 rings (SSSR count). The summed E-state index contributed by atoms with van der Waals surface area (Å²) in [6.45, 7) is 8.31. The molecule has 1 N–H and O–H groups in total. The van der Waals surface area contributed by atoms with Gasteiger partial charge in [0, 0.05) is 11.7 Å². The molecular formula is C21H24N2O2. The number of para-hydroxylation sites is 1. The van der Waals surface area contributed by atoms with Crippen molar-refractivity contribution in [1.82, 2.24) is 4.90 Å². The molecule has 2 unspecified atom stereocenters. The molecule has 0 aromatic heterocycles. The second-order valence-electron chi connectivity index (χ2n) is 6.23. The first-order valence-electron chi connectivity index (χ1n) is 8.67. The van der Waals surface area contributed by atoms with Crippen LogP contribution in [-0.4, -0.2) is 23.5 Å². The van der Waals surface area contributed by atoms with E-state index in [4.69, 9.17) is 4.74 Å². The molecule has 4 nitrogen and oxygen atoms in total. The molecule has 2 atom stereocenters. The van der Waals surface area contributed by atoms with Gasteiger partial charge in [0.2, 0.25) is 0 Å². The number of fused-ring (bicyclic) bond motifs is 1. The molecule has 2 aromatic carbocycles. The van der Waals surface area contributed by atoms with Gasteiger partial charge in [0.1, 0.15) is 18.5 Å². The summed E-state index contributed by atoms with van der Waals surface area (Å²) in [5.41, 5.74) is 2.59. The second-order valence-corrected chi connectivity index (χ2v) is 6.23. The quantitative estimate of drug-likeness (QED) is 0.783. The summed E-state index contributed by atoms with van der Waals surface area (Å²) < 4.78 is 5.66. The minimum Gasteiger partial charge on any atom is -0.490 e. The van der Waals surface area contributed by atoms with Crippen LogP contribution in [0.5, 0.6) is 5.75 Å². The lowest BCUT2D eigenvalue weighted by Crippen LogP contribution is -2.47. The molecule has 130 valence electrons. The highest BCUT2D eigenvalue weighted by molar-refractivity contribution is 6.01. The molecule has 1 heterocycles. The predicted octanol–water partition coefficient (Wildman–Crippen LogP) is 4.62. The first kappa shape index (κ1) is 17.1. The lowest BCUT2D eigenvalue weighted by Gasteiger charge is -2.41. The average molecular weight is 336 g/mol. The normalized spacial score (nSPS) is 17.4. The number of benzene rings is 2. The van der Waals surface area contributed by atoms with Crippen LogP contribution >= 0.6 is 0 Å². The maximum absolute atomic E-state index is 13.1. The van der Waals surface area contributed by atoms with Crippen LogP contribution in [-0.2, 0) is 0 Å². The number of nitrogens with one attached hydrogen (secondary N) is 1. The van der Waals surface area contributed by atoms with E-state index in [0.717, 1.165) is 29.0 Å². The Bertz CT molecular complexity index is 772. The van der Waals surface area contributed by atoms with Crippen molar-refractivity contribution in [2.45, 2.75) is 32.5 Å². The molecule has 0 saturated carbocycles. The van der Waals surface area contributed by atoms with E-state index < -0.39 is 0 Å². The SMILES string of the molecule is C=CCOc1cccc(C2Nc3ccccc3C(=O)N2C(C)CC)c1. The summed E-state index contributed by atoms with van der Waals surface area (Å²) in [4.78, 5) is 15.0. The number of carbonyl (C=O) groups excluding carboxylic acids is 1. The molecule has 1 amide bonds. The first-order valence-corrected chi connectivity index (χ1v) is 8.67. The lowest BCUT2D eigenvalue weighted by molar-refractivity contribution is 0.0593. The van der Waals surface area contributed by atoms with Crippen molar-refractivity contribution in [2.24, 2.45) is 0 Å². The van der Waals surface area contributed by atoms with E-state index in [1.54, 1.807) is 6.08 Å². The number of hydrogen-bond donors (Lipinski definition) is 1. The Morgan fingerprint density at radius 2 is 2.08 bits per heavy atom. The summed E-state index contributed by atoms with van der Waals surface area (Å²) >= 11 is 0. The molecular weight excluding hydrogens is 312 g/mol.